The van der Waals surface area contributed by atoms with Crippen molar-refractivity contribution in [3.8, 4) is 0 Å². The summed E-state index contributed by atoms with van der Waals surface area (Å²) in [7, 11) is 0. The van der Waals surface area contributed by atoms with Crippen LogP contribution in [0.2, 0.25) is 0 Å². The molecule has 0 aromatic heterocycles. The first-order valence-electron chi connectivity index (χ1n) is 31.6. The van der Waals surface area contributed by atoms with Crippen LogP contribution in [0, 0.1) is 0 Å². The van der Waals surface area contributed by atoms with Crippen LogP contribution in [0.15, 0.2) is 0 Å². The van der Waals surface area contributed by atoms with Crippen molar-refractivity contribution in [2.45, 2.75) is 334 Å². The summed E-state index contributed by atoms with van der Waals surface area (Å²) < 4.78 is 11.0. The maximum Gasteiger partial charge on any atom is 0.308 e. The van der Waals surface area contributed by atoms with Crippen LogP contribution >= 0.6 is 0 Å². The lowest BCUT2D eigenvalue weighted by Gasteiger charge is -2.27. The summed E-state index contributed by atoms with van der Waals surface area (Å²) in [6.07, 6.45) is 42.6. The van der Waals surface area contributed by atoms with Gasteiger partial charge in [-0.2, -0.15) is 0 Å². The number of esters is 2. The molecule has 0 aliphatic heterocycles. The van der Waals surface area contributed by atoms with Gasteiger partial charge >= 0.3 is 11.9 Å². The largest absolute Gasteiger partial charge is 0.466 e. The Labute approximate surface area is 451 Å². The Morgan fingerprint density at radius 3 is 0.808 bits per heavy atom. The highest BCUT2D eigenvalue weighted by molar-refractivity contribution is 5.74. The average molecular weight is 1040 g/mol. The van der Waals surface area contributed by atoms with Crippen molar-refractivity contribution in [3.63, 3.8) is 0 Å². The molecule has 11 nitrogen and oxygen atoms in total. The van der Waals surface area contributed by atoms with E-state index in [1.807, 2.05) is 0 Å². The van der Waals surface area contributed by atoms with Crippen LogP contribution in [-0.2, 0) is 19.1 Å². The van der Waals surface area contributed by atoms with Crippen LogP contribution in [0.5, 0.6) is 0 Å². The minimum absolute atomic E-state index is 0.193. The number of ether oxygens (including phenoxy) is 2. The molecule has 0 radical (unpaired) electrons. The van der Waals surface area contributed by atoms with Gasteiger partial charge < -0.3 is 35.0 Å². The highest BCUT2D eigenvalue weighted by Crippen LogP contribution is 2.19. The third-order valence-electron chi connectivity index (χ3n) is 14.8. The second-order valence-electron chi connectivity index (χ2n) is 22.9. The monoisotopic (exact) mass is 1040 g/mol. The van der Waals surface area contributed by atoms with Crippen molar-refractivity contribution in [3.05, 3.63) is 0 Å². The fourth-order valence-corrected chi connectivity index (χ4v) is 10.2. The maximum atomic E-state index is 12.8. The number of nitrogens with zero attached hydrogens (tertiary/aromatic N) is 2. The SMILES string of the molecule is CCCCCCCCCCC(O)CN(CCCCOC(=O)CC(C)(O)CC(=O)OCCCCN(CC(O)CCCCCCCCCC)CC(O)CCCCCCCCCC)CC(O)CCCCCCCCCC. The number of aliphatic hydroxyl groups excluding tert-OH is 4. The third kappa shape index (κ3) is 51.2. The zero-order valence-electron chi connectivity index (χ0n) is 48.9. The van der Waals surface area contributed by atoms with E-state index in [1.165, 1.54) is 161 Å². The summed E-state index contributed by atoms with van der Waals surface area (Å²) in [5.74, 6) is -1.13. The Hall–Kier alpha value is -1.34. The van der Waals surface area contributed by atoms with E-state index in [2.05, 4.69) is 37.5 Å². The summed E-state index contributed by atoms with van der Waals surface area (Å²) >= 11 is 0. The van der Waals surface area contributed by atoms with E-state index in [-0.39, 0.29) is 26.1 Å². The van der Waals surface area contributed by atoms with Gasteiger partial charge in [0.15, 0.2) is 0 Å². The first kappa shape index (κ1) is 71.7. The topological polar surface area (TPSA) is 160 Å². The molecule has 11 heteroatoms. The van der Waals surface area contributed by atoms with Crippen LogP contribution in [0.4, 0.5) is 0 Å². The van der Waals surface area contributed by atoms with E-state index in [4.69, 9.17) is 9.47 Å². The maximum absolute atomic E-state index is 12.8. The number of rotatable bonds is 58. The van der Waals surface area contributed by atoms with Crippen LogP contribution in [0.25, 0.3) is 0 Å². The van der Waals surface area contributed by atoms with Gasteiger partial charge in [-0.05, 0) is 71.4 Å². The highest BCUT2D eigenvalue weighted by Gasteiger charge is 2.29. The summed E-state index contributed by atoms with van der Waals surface area (Å²) in [6, 6.07) is 0. The smallest absolute Gasteiger partial charge is 0.308 e. The molecule has 0 saturated heterocycles. The fourth-order valence-electron chi connectivity index (χ4n) is 10.2. The fraction of sp³-hybridized carbons (Fsp3) is 0.968. The molecule has 436 valence electrons. The predicted molar refractivity (Wildman–Crippen MR) is 306 cm³/mol. The molecule has 0 aliphatic carbocycles. The van der Waals surface area contributed by atoms with E-state index in [0.717, 1.165) is 89.9 Å². The number of hydrogen-bond acceptors (Lipinski definition) is 11. The standard InChI is InChI=1S/C62H124N2O9/c1-6-10-14-18-22-26-30-34-42-56(65)52-63(53-57(66)43-35-31-27-23-19-15-11-7-2)46-38-40-48-72-60(69)50-62(5,71)51-61(70)73-49-41-39-47-64(54-58(67)44-36-32-28-24-20-16-12-8-3)55-59(68)45-37-33-29-25-21-17-13-9-4/h56-59,65-68,71H,6-55H2,1-5H3. The Morgan fingerprint density at radius 1 is 0.356 bits per heavy atom. The number of unbranched alkanes of at least 4 members (excludes halogenated alkanes) is 30. The summed E-state index contributed by atoms with van der Waals surface area (Å²) in [4.78, 5) is 29.9. The van der Waals surface area contributed by atoms with Gasteiger partial charge in [-0.1, -0.05) is 233 Å². The van der Waals surface area contributed by atoms with Gasteiger partial charge in [0.1, 0.15) is 0 Å². The molecule has 0 amide bonds. The number of aliphatic hydroxyl groups is 5. The zero-order valence-corrected chi connectivity index (χ0v) is 48.9. The van der Waals surface area contributed by atoms with Crippen molar-refractivity contribution >= 4 is 11.9 Å². The molecule has 0 heterocycles. The van der Waals surface area contributed by atoms with E-state index < -0.39 is 42.0 Å². The molecule has 73 heavy (non-hydrogen) atoms. The van der Waals surface area contributed by atoms with Gasteiger partial charge in [0.2, 0.25) is 0 Å². The molecule has 0 rings (SSSR count). The molecule has 0 saturated carbocycles. The number of hydrogen-bond donors (Lipinski definition) is 5. The van der Waals surface area contributed by atoms with Crippen LogP contribution in [0.3, 0.4) is 0 Å². The molecule has 4 unspecified atom stereocenters. The molecule has 0 fully saturated rings. The van der Waals surface area contributed by atoms with Crippen molar-refractivity contribution in [2.24, 2.45) is 0 Å². The molecular formula is C62H124N2O9. The van der Waals surface area contributed by atoms with E-state index >= 15 is 0 Å². The van der Waals surface area contributed by atoms with Gasteiger partial charge in [-0.15, -0.1) is 0 Å². The second-order valence-corrected chi connectivity index (χ2v) is 22.9. The average Bonchev–Trinajstić information content (AvgIpc) is 3.34. The van der Waals surface area contributed by atoms with Crippen molar-refractivity contribution in [1.29, 1.82) is 0 Å². The number of carbonyl (C=O) groups excluding carboxylic acids is 2. The van der Waals surface area contributed by atoms with Gasteiger partial charge in [0.05, 0.1) is 56.1 Å². The summed E-state index contributed by atoms with van der Waals surface area (Å²) in [5, 5.41) is 54.9. The Morgan fingerprint density at radius 2 is 0.575 bits per heavy atom. The molecule has 0 aliphatic rings. The lowest BCUT2D eigenvalue weighted by Crippen LogP contribution is -2.39. The zero-order chi connectivity index (χ0) is 53.9. The first-order valence-corrected chi connectivity index (χ1v) is 31.6. The minimum Gasteiger partial charge on any atom is -0.466 e. The first-order chi connectivity index (χ1) is 35.3. The van der Waals surface area contributed by atoms with Crippen molar-refractivity contribution in [1.82, 2.24) is 9.80 Å². The minimum atomic E-state index is -1.60. The molecule has 4 atom stereocenters. The van der Waals surface area contributed by atoms with E-state index in [9.17, 15) is 35.1 Å². The third-order valence-corrected chi connectivity index (χ3v) is 14.8. The molecular weight excluding hydrogens is 917 g/mol. The summed E-state index contributed by atoms with van der Waals surface area (Å²) in [6.45, 7) is 14.3. The lowest BCUT2D eigenvalue weighted by atomic mass is 9.98. The Bertz CT molecular complexity index is 1040. The van der Waals surface area contributed by atoms with Crippen LogP contribution in [-0.4, -0.2) is 130 Å². The van der Waals surface area contributed by atoms with Crippen molar-refractivity contribution < 1.29 is 44.6 Å². The molecule has 0 spiro atoms. The predicted octanol–water partition coefficient (Wildman–Crippen LogP) is 14.3. The normalized spacial score (nSPS) is 14.4. The van der Waals surface area contributed by atoms with Gasteiger partial charge in [0, 0.05) is 26.2 Å². The van der Waals surface area contributed by atoms with Crippen molar-refractivity contribution in [2.75, 3.05) is 52.5 Å². The molecule has 5 N–H and O–H groups in total. The van der Waals surface area contributed by atoms with Crippen LogP contribution < -0.4 is 0 Å². The molecule has 0 aromatic rings. The molecule has 0 bridgehead atoms. The van der Waals surface area contributed by atoms with Gasteiger partial charge in [-0.25, -0.2) is 0 Å². The highest BCUT2D eigenvalue weighted by atomic mass is 16.5. The van der Waals surface area contributed by atoms with E-state index in [0.29, 0.717) is 52.1 Å². The Kier molecular flexibility index (Phi) is 51.7. The molecule has 0 aromatic carbocycles. The van der Waals surface area contributed by atoms with Gasteiger partial charge in [0.25, 0.3) is 0 Å². The van der Waals surface area contributed by atoms with Crippen LogP contribution in [0.1, 0.15) is 304 Å². The van der Waals surface area contributed by atoms with Gasteiger partial charge in [-0.3, -0.25) is 19.4 Å². The van der Waals surface area contributed by atoms with E-state index in [1.54, 1.807) is 0 Å². The lowest BCUT2D eigenvalue weighted by molar-refractivity contribution is -0.154. The number of carbonyl (C=O) groups is 2. The quantitative estimate of drug-likeness (QED) is 0.0291. The second kappa shape index (κ2) is 52.7. The Balaban J connectivity index is 4.83. The summed E-state index contributed by atoms with van der Waals surface area (Å²) in [5.41, 5.74) is -1.60.